The lowest BCUT2D eigenvalue weighted by molar-refractivity contribution is 0.0881. The van der Waals surface area contributed by atoms with Crippen molar-refractivity contribution in [2.45, 2.75) is 19.6 Å². The van der Waals surface area contributed by atoms with E-state index < -0.39 is 6.10 Å². The minimum absolute atomic E-state index is 0.0235. The molecule has 0 unspecified atom stereocenters. The molecule has 3 rings (SSSR count). The third-order valence-electron chi connectivity index (χ3n) is 3.76. The number of hydrogen-bond donors (Lipinski definition) is 1. The van der Waals surface area contributed by atoms with Crippen molar-refractivity contribution in [3.05, 3.63) is 68.6 Å². The molecule has 0 spiro atoms. The third kappa shape index (κ3) is 3.95. The Kier molecular flexibility index (Phi) is 5.27. The molecule has 0 aliphatic carbocycles. The van der Waals surface area contributed by atoms with Gasteiger partial charge in [0.15, 0.2) is 0 Å². The summed E-state index contributed by atoms with van der Waals surface area (Å²) in [6.45, 7) is 1.83. The fraction of sp³-hybridized carbons (Fsp3) is 0.222. The normalized spacial score (nSPS) is 12.3. The summed E-state index contributed by atoms with van der Waals surface area (Å²) in [5, 5.41) is 16.7. The van der Waals surface area contributed by atoms with Crippen LogP contribution in [0.4, 0.5) is 0 Å². The summed E-state index contributed by atoms with van der Waals surface area (Å²) in [4.78, 5) is 12.5. The molecule has 0 saturated heterocycles. The first-order chi connectivity index (χ1) is 12.0. The van der Waals surface area contributed by atoms with Gasteiger partial charge in [-0.25, -0.2) is 4.68 Å². The molecule has 3 aromatic rings. The Hall–Kier alpha value is -2.08. The predicted octanol–water partition coefficient (Wildman–Crippen LogP) is 3.45. The van der Waals surface area contributed by atoms with Gasteiger partial charge in [0.05, 0.1) is 22.6 Å². The maximum absolute atomic E-state index is 12.5. The van der Waals surface area contributed by atoms with Crippen molar-refractivity contribution < 1.29 is 9.84 Å². The molecule has 5 nitrogen and oxygen atoms in total. The van der Waals surface area contributed by atoms with Gasteiger partial charge in [-0.15, -0.1) is 0 Å². The molecular weight excluding hydrogens is 363 g/mol. The Labute approximate surface area is 154 Å². The lowest BCUT2D eigenvalue weighted by Crippen LogP contribution is -2.32. The van der Waals surface area contributed by atoms with Crippen molar-refractivity contribution in [3.8, 4) is 5.75 Å². The van der Waals surface area contributed by atoms with Gasteiger partial charge >= 0.3 is 0 Å². The lowest BCUT2D eigenvalue weighted by Gasteiger charge is -2.15. The van der Waals surface area contributed by atoms with E-state index in [1.165, 1.54) is 4.68 Å². The summed E-state index contributed by atoms with van der Waals surface area (Å²) < 4.78 is 6.76. The molecule has 1 heterocycles. The van der Waals surface area contributed by atoms with E-state index in [1.54, 1.807) is 30.3 Å². The summed E-state index contributed by atoms with van der Waals surface area (Å²) in [6, 6.07) is 12.1. The van der Waals surface area contributed by atoms with Crippen LogP contribution in [-0.4, -0.2) is 27.6 Å². The van der Waals surface area contributed by atoms with Crippen molar-refractivity contribution in [1.82, 2.24) is 9.78 Å². The lowest BCUT2D eigenvalue weighted by atomic mass is 10.1. The quantitative estimate of drug-likeness (QED) is 0.738. The highest BCUT2D eigenvalue weighted by Gasteiger charge is 2.13. The fourth-order valence-electron chi connectivity index (χ4n) is 2.56. The zero-order valence-electron chi connectivity index (χ0n) is 13.4. The van der Waals surface area contributed by atoms with E-state index in [2.05, 4.69) is 5.10 Å². The van der Waals surface area contributed by atoms with Gasteiger partial charge in [-0.1, -0.05) is 41.4 Å². The van der Waals surface area contributed by atoms with Crippen molar-refractivity contribution in [2.24, 2.45) is 0 Å². The van der Waals surface area contributed by atoms with Crippen LogP contribution in [0.15, 0.2) is 47.3 Å². The molecule has 1 N–H and O–H groups in total. The number of ether oxygens (including phenoxy) is 1. The van der Waals surface area contributed by atoms with E-state index >= 15 is 0 Å². The second-order valence-corrected chi connectivity index (χ2v) is 6.50. The monoisotopic (exact) mass is 378 g/mol. The summed E-state index contributed by atoms with van der Waals surface area (Å²) in [5.41, 5.74) is 0.480. The molecule has 2 aromatic carbocycles. The zero-order chi connectivity index (χ0) is 18.0. The largest absolute Gasteiger partial charge is 0.489 e. The van der Waals surface area contributed by atoms with Gasteiger partial charge in [-0.05, 0) is 31.2 Å². The number of aromatic nitrogens is 2. The van der Waals surface area contributed by atoms with Gasteiger partial charge in [0.1, 0.15) is 18.5 Å². The van der Waals surface area contributed by atoms with Gasteiger partial charge in [0.2, 0.25) is 0 Å². The van der Waals surface area contributed by atoms with Crippen LogP contribution in [0.3, 0.4) is 0 Å². The Bertz CT molecular complexity index is 972. The second-order valence-electron chi connectivity index (χ2n) is 5.66. The first kappa shape index (κ1) is 17.7. The molecule has 0 radical (unpaired) electrons. The fourth-order valence-corrected chi connectivity index (χ4v) is 3.02. The van der Waals surface area contributed by atoms with Gasteiger partial charge in [-0.2, -0.15) is 5.10 Å². The Morgan fingerprint density at radius 2 is 1.92 bits per heavy atom. The van der Waals surface area contributed by atoms with Crippen LogP contribution in [0.25, 0.3) is 10.8 Å². The third-order valence-corrected chi connectivity index (χ3v) is 4.29. The first-order valence-corrected chi connectivity index (χ1v) is 8.43. The van der Waals surface area contributed by atoms with Gasteiger partial charge in [-0.3, -0.25) is 4.79 Å². The topological polar surface area (TPSA) is 64.3 Å². The highest BCUT2D eigenvalue weighted by molar-refractivity contribution is 6.35. The number of nitrogens with zero attached hydrogens (tertiary/aromatic N) is 2. The van der Waals surface area contributed by atoms with E-state index in [9.17, 15) is 9.90 Å². The maximum atomic E-state index is 12.5. The molecule has 25 heavy (non-hydrogen) atoms. The standard InChI is InChI=1S/C18H16Cl2N2O3/c1-11-14-4-2-3-5-15(14)18(24)22(21-11)9-13(23)10-25-17-7-6-12(19)8-16(17)20/h2-8,13,23H,9-10H2,1H3/t13-/m1/s1. The van der Waals surface area contributed by atoms with E-state index in [1.807, 2.05) is 19.1 Å². The smallest absolute Gasteiger partial charge is 0.274 e. The number of aryl methyl sites for hydroxylation is 1. The molecule has 0 saturated carbocycles. The Morgan fingerprint density at radius 1 is 1.20 bits per heavy atom. The number of aliphatic hydroxyl groups is 1. The first-order valence-electron chi connectivity index (χ1n) is 7.68. The molecule has 1 aromatic heterocycles. The molecule has 0 aliphatic heterocycles. The average molecular weight is 379 g/mol. The van der Waals surface area contributed by atoms with Gasteiger partial charge < -0.3 is 9.84 Å². The number of fused-ring (bicyclic) bond motifs is 1. The van der Waals surface area contributed by atoms with E-state index in [0.29, 0.717) is 21.2 Å². The summed E-state index contributed by atoms with van der Waals surface area (Å²) in [6.07, 6.45) is -0.919. The minimum Gasteiger partial charge on any atom is -0.489 e. The maximum Gasteiger partial charge on any atom is 0.274 e. The minimum atomic E-state index is -0.919. The SMILES string of the molecule is Cc1nn(C[C@@H](O)COc2ccc(Cl)cc2Cl)c(=O)c2ccccc12. The van der Waals surface area contributed by atoms with Crippen LogP contribution in [0.5, 0.6) is 5.75 Å². The molecule has 0 fully saturated rings. The molecule has 0 bridgehead atoms. The highest BCUT2D eigenvalue weighted by atomic mass is 35.5. The van der Waals surface area contributed by atoms with Crippen molar-refractivity contribution >= 4 is 34.0 Å². The molecule has 130 valence electrons. The number of benzene rings is 2. The average Bonchev–Trinajstić information content (AvgIpc) is 2.59. The number of halogens is 2. The van der Waals surface area contributed by atoms with Crippen molar-refractivity contribution in [1.29, 1.82) is 0 Å². The highest BCUT2D eigenvalue weighted by Crippen LogP contribution is 2.27. The van der Waals surface area contributed by atoms with E-state index in [-0.39, 0.29) is 18.7 Å². The van der Waals surface area contributed by atoms with Gasteiger partial charge in [0, 0.05) is 10.4 Å². The van der Waals surface area contributed by atoms with Crippen LogP contribution in [-0.2, 0) is 6.54 Å². The Morgan fingerprint density at radius 3 is 2.64 bits per heavy atom. The van der Waals surface area contributed by atoms with E-state index in [0.717, 1.165) is 11.1 Å². The Balaban J connectivity index is 1.75. The van der Waals surface area contributed by atoms with Crippen LogP contribution >= 0.6 is 23.2 Å². The van der Waals surface area contributed by atoms with Crippen LogP contribution in [0.2, 0.25) is 10.0 Å². The second kappa shape index (κ2) is 7.44. The summed E-state index contributed by atoms with van der Waals surface area (Å²) in [7, 11) is 0. The van der Waals surface area contributed by atoms with Crippen molar-refractivity contribution in [3.63, 3.8) is 0 Å². The molecule has 0 amide bonds. The molecule has 1 atom stereocenters. The van der Waals surface area contributed by atoms with Crippen LogP contribution in [0, 0.1) is 6.92 Å². The van der Waals surface area contributed by atoms with Crippen LogP contribution in [0.1, 0.15) is 5.69 Å². The number of aliphatic hydroxyl groups excluding tert-OH is 1. The molecular formula is C18H16Cl2N2O3. The predicted molar refractivity (Wildman–Crippen MR) is 98.7 cm³/mol. The van der Waals surface area contributed by atoms with Gasteiger partial charge in [0.25, 0.3) is 5.56 Å². The zero-order valence-corrected chi connectivity index (χ0v) is 15.0. The molecule has 0 aliphatic rings. The summed E-state index contributed by atoms with van der Waals surface area (Å²) >= 11 is 11.9. The summed E-state index contributed by atoms with van der Waals surface area (Å²) in [5.74, 6) is 0.417. The van der Waals surface area contributed by atoms with Crippen LogP contribution < -0.4 is 10.3 Å². The molecule has 7 heteroatoms. The number of hydrogen-bond acceptors (Lipinski definition) is 4. The number of rotatable bonds is 5. The van der Waals surface area contributed by atoms with Crippen molar-refractivity contribution in [2.75, 3.05) is 6.61 Å². The van der Waals surface area contributed by atoms with E-state index in [4.69, 9.17) is 27.9 Å².